The maximum atomic E-state index is 4.48. The zero-order chi connectivity index (χ0) is 10.4. The molecule has 78 valence electrons. The number of hydrogen-bond acceptors (Lipinski definition) is 2. The second-order valence-electron chi connectivity index (χ2n) is 3.83. The Labute approximate surface area is 86.8 Å². The lowest BCUT2D eigenvalue weighted by Crippen LogP contribution is -2.28. The first kappa shape index (κ1) is 11.2. The van der Waals surface area contributed by atoms with Gasteiger partial charge in [-0.25, -0.2) is 0 Å². The Morgan fingerprint density at radius 3 is 2.86 bits per heavy atom. The Kier molecular flexibility index (Phi) is 4.60. The highest BCUT2D eigenvalue weighted by atomic mass is 14.9. The highest BCUT2D eigenvalue weighted by Crippen LogP contribution is 2.01. The summed E-state index contributed by atoms with van der Waals surface area (Å²) in [6.45, 7) is 7.52. The lowest BCUT2D eigenvalue weighted by atomic mass is 10.1. The summed E-state index contributed by atoms with van der Waals surface area (Å²) in [5, 5.41) is 3.46. The zero-order valence-corrected chi connectivity index (χ0v) is 9.38. The second-order valence-corrected chi connectivity index (χ2v) is 3.83. The van der Waals surface area contributed by atoms with Crippen LogP contribution in [-0.4, -0.2) is 17.6 Å². The van der Waals surface area contributed by atoms with Crippen LogP contribution in [0.5, 0.6) is 0 Å². The van der Waals surface area contributed by atoms with E-state index in [1.54, 1.807) is 0 Å². The van der Waals surface area contributed by atoms with Gasteiger partial charge in [-0.3, -0.25) is 4.98 Å². The van der Waals surface area contributed by atoms with Crippen LogP contribution in [-0.2, 0) is 6.42 Å². The van der Waals surface area contributed by atoms with Crippen molar-refractivity contribution in [2.75, 3.05) is 6.54 Å². The van der Waals surface area contributed by atoms with E-state index in [4.69, 9.17) is 0 Å². The Morgan fingerprint density at radius 1 is 1.43 bits per heavy atom. The Hall–Kier alpha value is -0.890. The fourth-order valence-electron chi connectivity index (χ4n) is 1.49. The van der Waals surface area contributed by atoms with E-state index in [9.17, 15) is 0 Å². The van der Waals surface area contributed by atoms with Crippen LogP contribution in [0.3, 0.4) is 0 Å². The van der Waals surface area contributed by atoms with Gasteiger partial charge in [0.1, 0.15) is 0 Å². The van der Waals surface area contributed by atoms with Crippen molar-refractivity contribution in [1.29, 1.82) is 0 Å². The van der Waals surface area contributed by atoms with Crippen LogP contribution in [0.15, 0.2) is 18.2 Å². The van der Waals surface area contributed by atoms with E-state index in [1.807, 2.05) is 13.0 Å². The molecule has 1 N–H and O–H groups in total. The van der Waals surface area contributed by atoms with Gasteiger partial charge in [0, 0.05) is 23.9 Å². The maximum absolute atomic E-state index is 4.48. The molecular weight excluding hydrogens is 172 g/mol. The van der Waals surface area contributed by atoms with Gasteiger partial charge in [0.15, 0.2) is 0 Å². The van der Waals surface area contributed by atoms with Gasteiger partial charge in [-0.1, -0.05) is 13.0 Å². The molecular formula is C12H20N2. The molecule has 0 bridgehead atoms. The minimum absolute atomic E-state index is 0.518. The molecule has 1 heterocycles. The van der Waals surface area contributed by atoms with Crippen LogP contribution < -0.4 is 5.32 Å². The molecule has 0 radical (unpaired) electrons. The quantitative estimate of drug-likeness (QED) is 0.774. The number of nitrogens with one attached hydrogen (secondary N) is 1. The molecule has 0 aliphatic heterocycles. The average Bonchev–Trinajstić information content (AvgIpc) is 2.15. The van der Waals surface area contributed by atoms with Gasteiger partial charge in [0.2, 0.25) is 0 Å². The molecule has 1 unspecified atom stereocenters. The third kappa shape index (κ3) is 3.88. The summed E-state index contributed by atoms with van der Waals surface area (Å²) in [7, 11) is 0. The van der Waals surface area contributed by atoms with Crippen LogP contribution in [0.4, 0.5) is 0 Å². The van der Waals surface area contributed by atoms with Crippen molar-refractivity contribution < 1.29 is 0 Å². The summed E-state index contributed by atoms with van der Waals surface area (Å²) >= 11 is 0. The number of rotatable bonds is 5. The Balaban J connectivity index is 2.43. The minimum atomic E-state index is 0.518. The molecule has 1 aromatic rings. The molecule has 1 aromatic heterocycles. The average molecular weight is 192 g/mol. The van der Waals surface area contributed by atoms with Gasteiger partial charge in [-0.2, -0.15) is 0 Å². The highest BCUT2D eigenvalue weighted by Gasteiger charge is 2.02. The van der Waals surface area contributed by atoms with Crippen LogP contribution in [0.2, 0.25) is 0 Å². The summed E-state index contributed by atoms with van der Waals surface area (Å²) in [5.41, 5.74) is 2.28. The van der Waals surface area contributed by atoms with Crippen molar-refractivity contribution in [3.63, 3.8) is 0 Å². The molecule has 0 saturated carbocycles. The van der Waals surface area contributed by atoms with Crippen molar-refractivity contribution >= 4 is 0 Å². The van der Waals surface area contributed by atoms with E-state index < -0.39 is 0 Å². The van der Waals surface area contributed by atoms with Crippen LogP contribution >= 0.6 is 0 Å². The van der Waals surface area contributed by atoms with E-state index in [0.717, 1.165) is 18.7 Å². The third-order valence-electron chi connectivity index (χ3n) is 2.20. The lowest BCUT2D eigenvalue weighted by molar-refractivity contribution is 0.538. The fourth-order valence-corrected chi connectivity index (χ4v) is 1.49. The van der Waals surface area contributed by atoms with Crippen molar-refractivity contribution in [3.8, 4) is 0 Å². The van der Waals surface area contributed by atoms with Crippen LogP contribution in [0, 0.1) is 6.92 Å². The molecule has 0 aromatic carbocycles. The van der Waals surface area contributed by atoms with Crippen molar-refractivity contribution in [3.05, 3.63) is 29.6 Å². The molecule has 14 heavy (non-hydrogen) atoms. The van der Waals surface area contributed by atoms with Crippen LogP contribution in [0.1, 0.15) is 31.7 Å². The molecule has 2 nitrogen and oxygen atoms in total. The van der Waals surface area contributed by atoms with Gasteiger partial charge in [0.25, 0.3) is 0 Å². The van der Waals surface area contributed by atoms with Crippen molar-refractivity contribution in [2.45, 2.75) is 39.7 Å². The van der Waals surface area contributed by atoms with Crippen molar-refractivity contribution in [1.82, 2.24) is 10.3 Å². The predicted octanol–water partition coefficient (Wildman–Crippen LogP) is 2.32. The second kappa shape index (κ2) is 5.76. The fraction of sp³-hybridized carbons (Fsp3) is 0.583. The first-order valence-electron chi connectivity index (χ1n) is 5.38. The Bertz CT molecular complexity index is 271. The zero-order valence-electron chi connectivity index (χ0n) is 9.38. The van der Waals surface area contributed by atoms with Gasteiger partial charge in [-0.15, -0.1) is 0 Å². The SMILES string of the molecule is CCCNC(C)Cc1cccc(C)n1. The molecule has 0 fully saturated rings. The van der Waals surface area contributed by atoms with E-state index >= 15 is 0 Å². The van der Waals surface area contributed by atoms with Crippen LogP contribution in [0.25, 0.3) is 0 Å². The van der Waals surface area contributed by atoms with Gasteiger partial charge >= 0.3 is 0 Å². The Morgan fingerprint density at radius 2 is 2.21 bits per heavy atom. The smallest absolute Gasteiger partial charge is 0.0422 e. The summed E-state index contributed by atoms with van der Waals surface area (Å²) in [6.07, 6.45) is 2.20. The minimum Gasteiger partial charge on any atom is -0.314 e. The molecule has 2 heteroatoms. The van der Waals surface area contributed by atoms with Gasteiger partial charge in [0.05, 0.1) is 0 Å². The summed E-state index contributed by atoms with van der Waals surface area (Å²) in [4.78, 5) is 4.48. The van der Waals surface area contributed by atoms with E-state index in [1.165, 1.54) is 12.1 Å². The highest BCUT2D eigenvalue weighted by molar-refractivity contribution is 5.10. The molecule has 0 spiro atoms. The number of aromatic nitrogens is 1. The molecule has 0 aliphatic carbocycles. The largest absolute Gasteiger partial charge is 0.314 e. The number of nitrogens with zero attached hydrogens (tertiary/aromatic N) is 1. The molecule has 0 aliphatic rings. The maximum Gasteiger partial charge on any atom is 0.0422 e. The monoisotopic (exact) mass is 192 g/mol. The summed E-state index contributed by atoms with van der Waals surface area (Å²) in [5.74, 6) is 0. The number of pyridine rings is 1. The number of hydrogen-bond donors (Lipinski definition) is 1. The predicted molar refractivity (Wildman–Crippen MR) is 60.4 cm³/mol. The van der Waals surface area contributed by atoms with E-state index in [-0.39, 0.29) is 0 Å². The topological polar surface area (TPSA) is 24.9 Å². The van der Waals surface area contributed by atoms with E-state index in [0.29, 0.717) is 6.04 Å². The normalized spacial score (nSPS) is 12.8. The number of aryl methyl sites for hydroxylation is 1. The van der Waals surface area contributed by atoms with E-state index in [2.05, 4.69) is 36.3 Å². The lowest BCUT2D eigenvalue weighted by Gasteiger charge is -2.12. The molecule has 1 rings (SSSR count). The van der Waals surface area contributed by atoms with Crippen molar-refractivity contribution in [2.24, 2.45) is 0 Å². The first-order valence-corrected chi connectivity index (χ1v) is 5.38. The van der Waals surface area contributed by atoms with Gasteiger partial charge in [-0.05, 0) is 38.9 Å². The molecule has 0 saturated heterocycles. The molecule has 1 atom stereocenters. The van der Waals surface area contributed by atoms with Gasteiger partial charge < -0.3 is 5.32 Å². The first-order chi connectivity index (χ1) is 6.72. The summed E-state index contributed by atoms with van der Waals surface area (Å²) in [6, 6.07) is 6.72. The third-order valence-corrected chi connectivity index (χ3v) is 2.20. The summed E-state index contributed by atoms with van der Waals surface area (Å²) < 4.78 is 0. The molecule has 0 amide bonds. The standard InChI is InChI=1S/C12H20N2/c1-4-8-13-11(3)9-12-7-5-6-10(2)14-12/h5-7,11,13H,4,8-9H2,1-3H3.